The van der Waals surface area contributed by atoms with Crippen LogP contribution in [0.25, 0.3) is 0 Å². The number of nitrogens with zero attached hydrogens (tertiary/aromatic N) is 4. The highest BCUT2D eigenvalue weighted by atomic mass is 16.2. The highest BCUT2D eigenvalue weighted by molar-refractivity contribution is 5.97. The standard InChI is InChI=1S/C19H22N4O2/c1-14(24)21-10-7-16(12-21)19(25)22-13-17(23-9-4-8-20-23)11-15-5-2-3-6-18(15)22/h2-6,8-9,16-17H,7,10-13H2,1H3. The third-order valence-corrected chi connectivity index (χ3v) is 5.28. The van der Waals surface area contributed by atoms with Gasteiger partial charge in [-0.05, 0) is 30.5 Å². The van der Waals surface area contributed by atoms with Crippen molar-refractivity contribution in [2.24, 2.45) is 5.92 Å². The Morgan fingerprint density at radius 2 is 2.00 bits per heavy atom. The van der Waals surface area contributed by atoms with Crippen LogP contribution in [0.5, 0.6) is 0 Å². The summed E-state index contributed by atoms with van der Waals surface area (Å²) < 4.78 is 1.94. The lowest BCUT2D eigenvalue weighted by Crippen LogP contribution is -2.44. The Morgan fingerprint density at radius 1 is 1.16 bits per heavy atom. The van der Waals surface area contributed by atoms with E-state index in [0.717, 1.165) is 18.5 Å². The summed E-state index contributed by atoms with van der Waals surface area (Å²) in [6.45, 7) is 3.38. The second kappa shape index (κ2) is 6.35. The van der Waals surface area contributed by atoms with Gasteiger partial charge < -0.3 is 9.80 Å². The summed E-state index contributed by atoms with van der Waals surface area (Å²) >= 11 is 0. The second-order valence-electron chi connectivity index (χ2n) is 6.87. The van der Waals surface area contributed by atoms with Crippen LogP contribution in [-0.4, -0.2) is 46.1 Å². The fourth-order valence-electron chi connectivity index (χ4n) is 3.92. The van der Waals surface area contributed by atoms with Crippen LogP contribution in [0.1, 0.15) is 24.9 Å². The fraction of sp³-hybridized carbons (Fsp3) is 0.421. The van der Waals surface area contributed by atoms with Crippen LogP contribution in [0.4, 0.5) is 5.69 Å². The molecular weight excluding hydrogens is 316 g/mol. The Morgan fingerprint density at radius 3 is 2.72 bits per heavy atom. The normalized spacial score (nSPS) is 22.8. The van der Waals surface area contributed by atoms with E-state index in [9.17, 15) is 9.59 Å². The number of rotatable bonds is 2. The monoisotopic (exact) mass is 338 g/mol. The third-order valence-electron chi connectivity index (χ3n) is 5.28. The Labute approximate surface area is 147 Å². The lowest BCUT2D eigenvalue weighted by molar-refractivity contribution is -0.128. The molecule has 2 unspecified atom stereocenters. The molecule has 1 saturated heterocycles. The first-order valence-electron chi connectivity index (χ1n) is 8.77. The predicted octanol–water partition coefficient (Wildman–Crippen LogP) is 1.88. The average Bonchev–Trinajstić information content (AvgIpc) is 3.31. The highest BCUT2D eigenvalue weighted by Crippen LogP contribution is 2.33. The van der Waals surface area contributed by atoms with Gasteiger partial charge in [-0.25, -0.2) is 0 Å². The van der Waals surface area contributed by atoms with Crippen LogP contribution in [0.15, 0.2) is 42.7 Å². The summed E-state index contributed by atoms with van der Waals surface area (Å²) in [7, 11) is 0. The Hall–Kier alpha value is -2.63. The Balaban J connectivity index is 1.61. The van der Waals surface area contributed by atoms with Gasteiger partial charge in [0, 0.05) is 44.6 Å². The quantitative estimate of drug-likeness (QED) is 0.840. The molecule has 0 aliphatic carbocycles. The summed E-state index contributed by atoms with van der Waals surface area (Å²) in [5, 5.41) is 4.37. The average molecular weight is 338 g/mol. The summed E-state index contributed by atoms with van der Waals surface area (Å²) in [4.78, 5) is 28.5. The van der Waals surface area contributed by atoms with E-state index >= 15 is 0 Å². The number of amides is 2. The topological polar surface area (TPSA) is 58.4 Å². The van der Waals surface area contributed by atoms with Crippen molar-refractivity contribution in [3.05, 3.63) is 48.3 Å². The number of carbonyl (C=O) groups excluding carboxylic acids is 2. The van der Waals surface area contributed by atoms with Gasteiger partial charge in [0.05, 0.1) is 12.0 Å². The number of hydrogen-bond donors (Lipinski definition) is 0. The SMILES string of the molecule is CC(=O)N1CCC(C(=O)N2CC(n3cccn3)Cc3ccccc32)C1. The molecular formula is C19H22N4O2. The van der Waals surface area contributed by atoms with Crippen LogP contribution in [0.2, 0.25) is 0 Å². The molecule has 1 fully saturated rings. The number of hydrogen-bond acceptors (Lipinski definition) is 3. The van der Waals surface area contributed by atoms with Crippen molar-refractivity contribution in [2.45, 2.75) is 25.8 Å². The van der Waals surface area contributed by atoms with Gasteiger partial charge in [0.25, 0.3) is 0 Å². The van der Waals surface area contributed by atoms with Gasteiger partial charge in [-0.1, -0.05) is 18.2 Å². The van der Waals surface area contributed by atoms with Crippen molar-refractivity contribution >= 4 is 17.5 Å². The summed E-state index contributed by atoms with van der Waals surface area (Å²) in [5.74, 6) is 0.0464. The molecule has 2 aliphatic heterocycles. The number of aromatic nitrogens is 2. The lowest BCUT2D eigenvalue weighted by Gasteiger charge is -2.36. The van der Waals surface area contributed by atoms with E-state index in [1.807, 2.05) is 40.0 Å². The lowest BCUT2D eigenvalue weighted by atomic mass is 9.96. The van der Waals surface area contributed by atoms with Crippen LogP contribution in [0, 0.1) is 5.92 Å². The van der Waals surface area contributed by atoms with Crippen LogP contribution >= 0.6 is 0 Å². The molecule has 3 heterocycles. The van der Waals surface area contributed by atoms with Crippen molar-refractivity contribution < 1.29 is 9.59 Å². The molecule has 130 valence electrons. The zero-order chi connectivity index (χ0) is 17.4. The third kappa shape index (κ3) is 2.92. The molecule has 0 bridgehead atoms. The molecule has 1 aromatic heterocycles. The van der Waals surface area contributed by atoms with E-state index in [2.05, 4.69) is 11.2 Å². The number of likely N-dealkylation sites (tertiary alicyclic amines) is 1. The molecule has 2 amide bonds. The number of benzene rings is 1. The maximum absolute atomic E-state index is 13.2. The van der Waals surface area contributed by atoms with E-state index in [1.54, 1.807) is 18.0 Å². The van der Waals surface area contributed by atoms with Gasteiger partial charge >= 0.3 is 0 Å². The number of carbonyl (C=O) groups is 2. The zero-order valence-electron chi connectivity index (χ0n) is 14.3. The minimum absolute atomic E-state index is 0.0451. The molecule has 1 aromatic carbocycles. The van der Waals surface area contributed by atoms with Crippen molar-refractivity contribution in [2.75, 3.05) is 24.5 Å². The van der Waals surface area contributed by atoms with Gasteiger partial charge in [-0.2, -0.15) is 5.10 Å². The number of fused-ring (bicyclic) bond motifs is 1. The first kappa shape index (κ1) is 15.9. The van der Waals surface area contributed by atoms with E-state index in [4.69, 9.17) is 0 Å². The van der Waals surface area contributed by atoms with E-state index < -0.39 is 0 Å². The molecule has 2 atom stereocenters. The first-order chi connectivity index (χ1) is 12.1. The maximum atomic E-state index is 13.2. The molecule has 0 N–H and O–H groups in total. The first-order valence-corrected chi connectivity index (χ1v) is 8.77. The van der Waals surface area contributed by atoms with Gasteiger partial charge in [0.1, 0.15) is 0 Å². The van der Waals surface area contributed by atoms with Crippen LogP contribution in [0.3, 0.4) is 0 Å². The molecule has 0 radical (unpaired) electrons. The van der Waals surface area contributed by atoms with E-state index in [0.29, 0.717) is 19.6 Å². The molecule has 6 nitrogen and oxygen atoms in total. The fourth-order valence-corrected chi connectivity index (χ4v) is 3.92. The molecule has 0 spiro atoms. The van der Waals surface area contributed by atoms with Crippen molar-refractivity contribution in [3.8, 4) is 0 Å². The predicted molar refractivity (Wildman–Crippen MR) is 94.1 cm³/mol. The van der Waals surface area contributed by atoms with Crippen molar-refractivity contribution in [3.63, 3.8) is 0 Å². The minimum atomic E-state index is -0.117. The molecule has 2 aliphatic rings. The highest BCUT2D eigenvalue weighted by Gasteiger charge is 2.36. The Kier molecular flexibility index (Phi) is 4.03. The Bertz CT molecular complexity index is 786. The van der Waals surface area contributed by atoms with Crippen LogP contribution < -0.4 is 4.90 Å². The zero-order valence-corrected chi connectivity index (χ0v) is 14.3. The number of para-hydroxylation sites is 1. The summed E-state index contributed by atoms with van der Waals surface area (Å²) in [6, 6.07) is 10.1. The van der Waals surface area contributed by atoms with E-state index in [1.165, 1.54) is 5.56 Å². The maximum Gasteiger partial charge on any atom is 0.232 e. The van der Waals surface area contributed by atoms with Gasteiger partial charge in [-0.15, -0.1) is 0 Å². The van der Waals surface area contributed by atoms with Gasteiger partial charge in [0.2, 0.25) is 11.8 Å². The van der Waals surface area contributed by atoms with Crippen molar-refractivity contribution in [1.29, 1.82) is 0 Å². The molecule has 4 rings (SSSR count). The largest absolute Gasteiger partial charge is 0.342 e. The van der Waals surface area contributed by atoms with Gasteiger partial charge in [-0.3, -0.25) is 14.3 Å². The van der Waals surface area contributed by atoms with Crippen LogP contribution in [-0.2, 0) is 16.0 Å². The smallest absolute Gasteiger partial charge is 0.232 e. The molecule has 0 saturated carbocycles. The van der Waals surface area contributed by atoms with Gasteiger partial charge in [0.15, 0.2) is 0 Å². The molecule has 25 heavy (non-hydrogen) atoms. The second-order valence-corrected chi connectivity index (χ2v) is 6.87. The van der Waals surface area contributed by atoms with Crippen molar-refractivity contribution in [1.82, 2.24) is 14.7 Å². The molecule has 6 heteroatoms. The van der Waals surface area contributed by atoms with E-state index in [-0.39, 0.29) is 23.8 Å². The summed E-state index contributed by atoms with van der Waals surface area (Å²) in [6.07, 6.45) is 5.33. The number of anilines is 1. The minimum Gasteiger partial charge on any atom is -0.342 e. The summed E-state index contributed by atoms with van der Waals surface area (Å²) in [5.41, 5.74) is 2.17. The molecule has 2 aromatic rings.